The molecule has 2 atom stereocenters. The molecule has 0 aromatic carbocycles. The van der Waals surface area contributed by atoms with Gasteiger partial charge in [-0.25, -0.2) is 4.68 Å². The molecule has 0 radical (unpaired) electrons. The number of halogens is 1. The van der Waals surface area contributed by atoms with Crippen molar-refractivity contribution in [3.05, 3.63) is 21.0 Å². The molecule has 1 aromatic heterocycles. The lowest BCUT2D eigenvalue weighted by Gasteiger charge is -2.14. The zero-order chi connectivity index (χ0) is 14.5. The highest BCUT2D eigenvalue weighted by Crippen LogP contribution is 2.30. The number of ether oxygens (including phenoxy) is 1. The van der Waals surface area contributed by atoms with E-state index >= 15 is 0 Å². The Morgan fingerprint density at radius 2 is 2.35 bits per heavy atom. The summed E-state index contributed by atoms with van der Waals surface area (Å²) in [6, 6.07) is 0. The molecule has 1 aromatic rings. The SMILES string of the molecule is COCCn1ncc(NCC2CCC(C)C2)c(Br)c1=O. The van der Waals surface area contributed by atoms with Crippen molar-refractivity contribution in [2.45, 2.75) is 32.7 Å². The van der Waals surface area contributed by atoms with Gasteiger partial charge < -0.3 is 10.1 Å². The lowest BCUT2D eigenvalue weighted by molar-refractivity contribution is 0.181. The second kappa shape index (κ2) is 7.22. The van der Waals surface area contributed by atoms with Gasteiger partial charge in [0, 0.05) is 13.7 Å². The lowest BCUT2D eigenvalue weighted by Crippen LogP contribution is -2.26. The number of nitrogens with one attached hydrogen (secondary N) is 1. The third-order valence-corrected chi connectivity index (χ3v) is 4.64. The largest absolute Gasteiger partial charge is 0.383 e. The van der Waals surface area contributed by atoms with Crippen LogP contribution in [0.15, 0.2) is 15.5 Å². The Labute approximate surface area is 127 Å². The van der Waals surface area contributed by atoms with Crippen LogP contribution in [0.2, 0.25) is 0 Å². The van der Waals surface area contributed by atoms with Crippen molar-refractivity contribution in [3.63, 3.8) is 0 Å². The second-order valence-corrected chi connectivity index (χ2v) is 6.35. The fraction of sp³-hybridized carbons (Fsp3) is 0.714. The minimum atomic E-state index is -0.119. The Morgan fingerprint density at radius 1 is 1.55 bits per heavy atom. The zero-order valence-electron chi connectivity index (χ0n) is 12.1. The summed E-state index contributed by atoms with van der Waals surface area (Å²) < 4.78 is 6.93. The van der Waals surface area contributed by atoms with E-state index in [0.29, 0.717) is 23.5 Å². The molecule has 0 amide bonds. The Bertz CT molecular complexity index is 504. The third kappa shape index (κ3) is 3.82. The number of nitrogens with zero attached hydrogens (tertiary/aromatic N) is 2. The van der Waals surface area contributed by atoms with Crippen molar-refractivity contribution < 1.29 is 4.74 Å². The smallest absolute Gasteiger partial charge is 0.283 e. The van der Waals surface area contributed by atoms with Crippen LogP contribution in [0.1, 0.15) is 26.2 Å². The lowest BCUT2D eigenvalue weighted by atomic mass is 10.1. The predicted octanol–water partition coefficient (Wildman–Crippen LogP) is 2.50. The van der Waals surface area contributed by atoms with E-state index in [-0.39, 0.29) is 5.56 Å². The Hall–Kier alpha value is -0.880. The molecule has 112 valence electrons. The van der Waals surface area contributed by atoms with E-state index in [1.54, 1.807) is 13.3 Å². The van der Waals surface area contributed by atoms with E-state index < -0.39 is 0 Å². The fourth-order valence-corrected chi connectivity index (χ4v) is 3.14. The highest BCUT2D eigenvalue weighted by Gasteiger charge is 2.21. The summed E-state index contributed by atoms with van der Waals surface area (Å²) in [7, 11) is 1.61. The zero-order valence-corrected chi connectivity index (χ0v) is 13.6. The van der Waals surface area contributed by atoms with Crippen LogP contribution in [0.3, 0.4) is 0 Å². The summed E-state index contributed by atoms with van der Waals surface area (Å²) in [5.74, 6) is 1.53. The third-order valence-electron chi connectivity index (χ3n) is 3.88. The predicted molar refractivity (Wildman–Crippen MR) is 83.1 cm³/mol. The van der Waals surface area contributed by atoms with Gasteiger partial charge >= 0.3 is 0 Å². The number of rotatable bonds is 6. The van der Waals surface area contributed by atoms with Crippen LogP contribution in [0.25, 0.3) is 0 Å². The van der Waals surface area contributed by atoms with Gasteiger partial charge in [0.25, 0.3) is 5.56 Å². The molecule has 1 saturated carbocycles. The molecule has 5 nitrogen and oxygen atoms in total. The molecule has 2 rings (SSSR count). The van der Waals surface area contributed by atoms with Gasteiger partial charge in [-0.05, 0) is 40.6 Å². The molecule has 0 aliphatic heterocycles. The van der Waals surface area contributed by atoms with E-state index in [0.717, 1.165) is 18.2 Å². The monoisotopic (exact) mass is 343 g/mol. The molecule has 1 fully saturated rings. The Balaban J connectivity index is 1.98. The van der Waals surface area contributed by atoms with Crippen molar-refractivity contribution in [3.8, 4) is 0 Å². The number of methoxy groups -OCH3 is 1. The normalized spacial score (nSPS) is 22.1. The van der Waals surface area contributed by atoms with Gasteiger partial charge in [-0.15, -0.1) is 0 Å². The number of anilines is 1. The van der Waals surface area contributed by atoms with Crippen molar-refractivity contribution in [1.82, 2.24) is 9.78 Å². The highest BCUT2D eigenvalue weighted by atomic mass is 79.9. The second-order valence-electron chi connectivity index (χ2n) is 5.56. The van der Waals surface area contributed by atoms with E-state index in [9.17, 15) is 4.79 Å². The van der Waals surface area contributed by atoms with Crippen LogP contribution in [0.5, 0.6) is 0 Å². The van der Waals surface area contributed by atoms with Gasteiger partial charge in [0.15, 0.2) is 0 Å². The van der Waals surface area contributed by atoms with Gasteiger partial charge in [0.1, 0.15) is 4.47 Å². The molecule has 0 bridgehead atoms. The summed E-state index contributed by atoms with van der Waals surface area (Å²) in [6.45, 7) is 4.15. The average Bonchev–Trinajstić information content (AvgIpc) is 2.85. The van der Waals surface area contributed by atoms with Gasteiger partial charge in [-0.2, -0.15) is 5.10 Å². The summed E-state index contributed by atoms with van der Waals surface area (Å²) in [5, 5.41) is 7.51. The maximum absolute atomic E-state index is 12.1. The Morgan fingerprint density at radius 3 is 3.00 bits per heavy atom. The van der Waals surface area contributed by atoms with E-state index in [1.807, 2.05) is 0 Å². The molecule has 1 aliphatic carbocycles. The molecule has 2 unspecified atom stereocenters. The Kier molecular flexibility index (Phi) is 5.60. The van der Waals surface area contributed by atoms with E-state index in [1.165, 1.54) is 23.9 Å². The maximum Gasteiger partial charge on any atom is 0.283 e. The fourth-order valence-electron chi connectivity index (χ4n) is 2.69. The minimum Gasteiger partial charge on any atom is -0.383 e. The van der Waals surface area contributed by atoms with Crippen molar-refractivity contribution in [2.75, 3.05) is 25.6 Å². The van der Waals surface area contributed by atoms with E-state index in [2.05, 4.69) is 33.3 Å². The maximum atomic E-state index is 12.1. The highest BCUT2D eigenvalue weighted by molar-refractivity contribution is 9.10. The topological polar surface area (TPSA) is 56.1 Å². The first-order valence-electron chi connectivity index (χ1n) is 7.10. The number of hydrogen-bond donors (Lipinski definition) is 1. The van der Waals surface area contributed by atoms with Crippen LogP contribution in [-0.4, -0.2) is 30.0 Å². The van der Waals surface area contributed by atoms with Crippen molar-refractivity contribution >= 4 is 21.6 Å². The van der Waals surface area contributed by atoms with Crippen molar-refractivity contribution in [1.29, 1.82) is 0 Å². The first-order valence-corrected chi connectivity index (χ1v) is 7.89. The molecule has 0 spiro atoms. The van der Waals surface area contributed by atoms with Crippen LogP contribution in [0, 0.1) is 11.8 Å². The molecule has 1 aliphatic rings. The molecule has 6 heteroatoms. The summed E-state index contributed by atoms with van der Waals surface area (Å²) in [4.78, 5) is 12.1. The van der Waals surface area contributed by atoms with Gasteiger partial charge in [0.05, 0.1) is 25.0 Å². The number of hydrogen-bond acceptors (Lipinski definition) is 4. The van der Waals surface area contributed by atoms with Crippen molar-refractivity contribution in [2.24, 2.45) is 11.8 Å². The van der Waals surface area contributed by atoms with Crippen LogP contribution in [0.4, 0.5) is 5.69 Å². The quantitative estimate of drug-likeness (QED) is 0.862. The van der Waals surface area contributed by atoms with Gasteiger partial charge in [-0.3, -0.25) is 4.79 Å². The molecular weight excluding hydrogens is 322 g/mol. The van der Waals surface area contributed by atoms with Crippen LogP contribution >= 0.6 is 15.9 Å². The average molecular weight is 344 g/mol. The summed E-state index contributed by atoms with van der Waals surface area (Å²) in [5.41, 5.74) is 0.662. The molecular formula is C14H22BrN3O2. The van der Waals surface area contributed by atoms with Crippen LogP contribution in [-0.2, 0) is 11.3 Å². The molecule has 20 heavy (non-hydrogen) atoms. The van der Waals surface area contributed by atoms with Gasteiger partial charge in [0.2, 0.25) is 0 Å². The summed E-state index contributed by atoms with van der Waals surface area (Å²) in [6.07, 6.45) is 5.55. The standard InChI is InChI=1S/C14H22BrN3O2/c1-10-3-4-11(7-10)8-16-12-9-17-18(5-6-20-2)14(19)13(12)15/h9-11,16H,3-8H2,1-2H3. The summed E-state index contributed by atoms with van der Waals surface area (Å²) >= 11 is 3.37. The first-order chi connectivity index (χ1) is 9.61. The minimum absolute atomic E-state index is 0.119. The first kappa shape index (κ1) is 15.5. The van der Waals surface area contributed by atoms with Crippen LogP contribution < -0.4 is 10.9 Å². The molecule has 1 heterocycles. The van der Waals surface area contributed by atoms with E-state index in [4.69, 9.17) is 4.74 Å². The van der Waals surface area contributed by atoms with Gasteiger partial charge in [-0.1, -0.05) is 13.3 Å². The molecule has 0 saturated heterocycles. The molecule has 1 N–H and O–H groups in total. The number of aromatic nitrogens is 2.